The summed E-state index contributed by atoms with van der Waals surface area (Å²) >= 11 is 0. The predicted octanol–water partition coefficient (Wildman–Crippen LogP) is 5.33. The highest BCUT2D eigenvalue weighted by Crippen LogP contribution is 2.31. The summed E-state index contributed by atoms with van der Waals surface area (Å²) in [6.45, 7) is 12.8. The molecule has 28 heavy (non-hydrogen) atoms. The van der Waals surface area contributed by atoms with Gasteiger partial charge in [0.05, 0.1) is 18.5 Å². The molecular formula is C24H28N2O2. The van der Waals surface area contributed by atoms with Gasteiger partial charge in [-0.05, 0) is 44.4 Å². The maximum atomic E-state index is 5.90. The molecule has 1 aliphatic carbocycles. The molecule has 4 heteroatoms. The molecule has 0 amide bonds. The van der Waals surface area contributed by atoms with Crippen molar-refractivity contribution in [1.82, 2.24) is 4.90 Å². The second kappa shape index (κ2) is 8.79. The van der Waals surface area contributed by atoms with Crippen LogP contribution < -0.4 is 4.74 Å². The lowest BCUT2D eigenvalue weighted by Crippen LogP contribution is -2.35. The molecule has 146 valence electrons. The SMILES string of the molecule is C=C(N=C(OC)N(C(=C)COc1ccc(C)cc1)C1CC1)c1ccc(C)cc1. The normalized spacial score (nSPS) is 13.8. The van der Waals surface area contributed by atoms with Gasteiger partial charge < -0.3 is 9.47 Å². The van der Waals surface area contributed by atoms with E-state index in [1.165, 1.54) is 11.1 Å². The van der Waals surface area contributed by atoms with Crippen LogP contribution in [0, 0.1) is 13.8 Å². The van der Waals surface area contributed by atoms with E-state index in [4.69, 9.17) is 9.47 Å². The largest absolute Gasteiger partial charge is 0.487 e. The van der Waals surface area contributed by atoms with Crippen LogP contribution in [0.15, 0.2) is 72.4 Å². The van der Waals surface area contributed by atoms with Gasteiger partial charge in [0.15, 0.2) is 0 Å². The Balaban J connectivity index is 1.73. The Morgan fingerprint density at radius 2 is 1.57 bits per heavy atom. The highest BCUT2D eigenvalue weighted by atomic mass is 16.5. The quantitative estimate of drug-likeness (QED) is 0.483. The molecule has 0 N–H and O–H groups in total. The van der Waals surface area contributed by atoms with Crippen molar-refractivity contribution in [3.05, 3.63) is 84.1 Å². The van der Waals surface area contributed by atoms with Crippen molar-refractivity contribution in [2.45, 2.75) is 32.7 Å². The van der Waals surface area contributed by atoms with Crippen LogP contribution >= 0.6 is 0 Å². The molecule has 0 unspecified atom stereocenters. The monoisotopic (exact) mass is 376 g/mol. The third kappa shape index (κ3) is 5.03. The van der Waals surface area contributed by atoms with Gasteiger partial charge in [-0.15, -0.1) is 0 Å². The summed E-state index contributed by atoms with van der Waals surface area (Å²) in [5.74, 6) is 0.822. The molecule has 0 heterocycles. The molecule has 0 aromatic heterocycles. The highest BCUT2D eigenvalue weighted by molar-refractivity contribution is 5.83. The van der Waals surface area contributed by atoms with Gasteiger partial charge in [-0.3, -0.25) is 4.90 Å². The topological polar surface area (TPSA) is 34.1 Å². The average Bonchev–Trinajstić information content (AvgIpc) is 3.52. The molecule has 0 radical (unpaired) electrons. The zero-order valence-electron chi connectivity index (χ0n) is 16.9. The zero-order chi connectivity index (χ0) is 20.1. The number of methoxy groups -OCH3 is 1. The van der Waals surface area contributed by atoms with Crippen molar-refractivity contribution >= 4 is 11.7 Å². The molecule has 1 aliphatic rings. The molecule has 0 spiro atoms. The van der Waals surface area contributed by atoms with Gasteiger partial charge in [-0.25, -0.2) is 0 Å². The predicted molar refractivity (Wildman–Crippen MR) is 115 cm³/mol. The van der Waals surface area contributed by atoms with Gasteiger partial charge in [-0.2, -0.15) is 4.99 Å². The molecular weight excluding hydrogens is 348 g/mol. The van der Waals surface area contributed by atoms with Gasteiger partial charge in [-0.1, -0.05) is 60.7 Å². The first-order valence-electron chi connectivity index (χ1n) is 9.53. The lowest BCUT2D eigenvalue weighted by Gasteiger charge is -2.26. The van der Waals surface area contributed by atoms with E-state index in [0.717, 1.165) is 29.9 Å². The van der Waals surface area contributed by atoms with E-state index < -0.39 is 0 Å². The minimum Gasteiger partial charge on any atom is -0.487 e. The zero-order valence-corrected chi connectivity index (χ0v) is 16.9. The van der Waals surface area contributed by atoms with Crippen LogP contribution in [0.2, 0.25) is 0 Å². The van der Waals surface area contributed by atoms with Crippen LogP contribution in [0.4, 0.5) is 0 Å². The third-order valence-electron chi connectivity index (χ3n) is 4.68. The molecule has 0 saturated heterocycles. The summed E-state index contributed by atoms with van der Waals surface area (Å²) in [5, 5.41) is 0. The Kier molecular flexibility index (Phi) is 6.19. The lowest BCUT2D eigenvalue weighted by atomic mass is 10.1. The van der Waals surface area contributed by atoms with Gasteiger partial charge in [0.2, 0.25) is 0 Å². The van der Waals surface area contributed by atoms with E-state index in [9.17, 15) is 0 Å². The number of ether oxygens (including phenoxy) is 2. The number of aliphatic imine (C=N–C) groups is 1. The lowest BCUT2D eigenvalue weighted by molar-refractivity contribution is 0.269. The van der Waals surface area contributed by atoms with E-state index in [1.54, 1.807) is 7.11 Å². The molecule has 4 nitrogen and oxygen atoms in total. The Bertz CT molecular complexity index is 862. The molecule has 3 rings (SSSR count). The molecule has 0 bridgehead atoms. The first-order chi connectivity index (χ1) is 13.5. The second-order valence-corrected chi connectivity index (χ2v) is 7.18. The third-order valence-corrected chi connectivity index (χ3v) is 4.68. The van der Waals surface area contributed by atoms with E-state index in [-0.39, 0.29) is 0 Å². The minimum atomic E-state index is 0.346. The fourth-order valence-corrected chi connectivity index (χ4v) is 2.88. The highest BCUT2D eigenvalue weighted by Gasteiger charge is 2.34. The van der Waals surface area contributed by atoms with Gasteiger partial charge >= 0.3 is 0 Å². The van der Waals surface area contributed by atoms with Crippen LogP contribution in [0.1, 0.15) is 29.5 Å². The summed E-state index contributed by atoms with van der Waals surface area (Å²) in [6, 6.07) is 17.0. The fourth-order valence-electron chi connectivity index (χ4n) is 2.88. The number of aryl methyl sites for hydroxylation is 2. The standard InChI is InChI=1S/C24H28N2O2/c1-17-6-10-21(11-7-17)20(4)25-24(27-5)26(22-12-13-22)19(3)16-28-23-14-8-18(2)9-15-23/h6-11,14-15,22H,3-4,12-13,16H2,1-2,5H3. The molecule has 0 atom stereocenters. The van der Waals surface area contributed by atoms with Gasteiger partial charge in [0, 0.05) is 6.04 Å². The number of rotatable bonds is 7. The van der Waals surface area contributed by atoms with Crippen LogP contribution in [0.5, 0.6) is 5.75 Å². The van der Waals surface area contributed by atoms with Crippen LogP contribution in [-0.4, -0.2) is 30.7 Å². The van der Waals surface area contributed by atoms with Crippen LogP contribution in [0.25, 0.3) is 5.70 Å². The van der Waals surface area contributed by atoms with E-state index in [0.29, 0.717) is 24.4 Å². The van der Waals surface area contributed by atoms with E-state index in [2.05, 4.69) is 44.1 Å². The molecule has 1 fully saturated rings. The Morgan fingerprint density at radius 1 is 1.00 bits per heavy atom. The number of benzene rings is 2. The van der Waals surface area contributed by atoms with Crippen molar-refractivity contribution in [1.29, 1.82) is 0 Å². The summed E-state index contributed by atoms with van der Waals surface area (Å²) in [7, 11) is 1.63. The Hall–Kier alpha value is -3.01. The first-order valence-corrected chi connectivity index (χ1v) is 9.53. The Labute approximate surface area is 167 Å². The molecule has 2 aromatic carbocycles. The van der Waals surface area contributed by atoms with Gasteiger partial charge in [0.1, 0.15) is 12.4 Å². The van der Waals surface area contributed by atoms with Crippen LogP contribution in [0.3, 0.4) is 0 Å². The number of amidine groups is 1. The van der Waals surface area contributed by atoms with Crippen molar-refractivity contribution in [3.63, 3.8) is 0 Å². The molecule has 2 aromatic rings. The first kappa shape index (κ1) is 19.7. The fraction of sp³-hybridized carbons (Fsp3) is 0.292. The average molecular weight is 377 g/mol. The summed E-state index contributed by atoms with van der Waals surface area (Å²) in [6.07, 6.45) is 2.17. The molecule has 0 aliphatic heterocycles. The van der Waals surface area contributed by atoms with Crippen molar-refractivity contribution in [3.8, 4) is 5.75 Å². The number of hydrogen-bond acceptors (Lipinski definition) is 3. The van der Waals surface area contributed by atoms with Gasteiger partial charge in [0.25, 0.3) is 6.02 Å². The summed E-state index contributed by atoms with van der Waals surface area (Å²) < 4.78 is 11.5. The molecule has 1 saturated carbocycles. The van der Waals surface area contributed by atoms with Crippen molar-refractivity contribution in [2.24, 2.45) is 4.99 Å². The maximum absolute atomic E-state index is 5.90. The smallest absolute Gasteiger partial charge is 0.297 e. The van der Waals surface area contributed by atoms with E-state index >= 15 is 0 Å². The summed E-state index contributed by atoms with van der Waals surface area (Å²) in [5.41, 5.74) is 4.86. The Morgan fingerprint density at radius 3 is 2.11 bits per heavy atom. The van der Waals surface area contributed by atoms with Crippen molar-refractivity contribution < 1.29 is 9.47 Å². The minimum absolute atomic E-state index is 0.346. The summed E-state index contributed by atoms with van der Waals surface area (Å²) in [4.78, 5) is 6.69. The maximum Gasteiger partial charge on any atom is 0.297 e. The van der Waals surface area contributed by atoms with E-state index in [1.807, 2.05) is 41.3 Å². The second-order valence-electron chi connectivity index (χ2n) is 7.18. The van der Waals surface area contributed by atoms with Crippen molar-refractivity contribution in [2.75, 3.05) is 13.7 Å². The number of nitrogens with zero attached hydrogens (tertiary/aromatic N) is 2. The van der Waals surface area contributed by atoms with Crippen LogP contribution in [-0.2, 0) is 4.74 Å². The number of hydrogen-bond donors (Lipinski definition) is 0.